The van der Waals surface area contributed by atoms with Crippen molar-refractivity contribution < 1.29 is 15.6 Å². The van der Waals surface area contributed by atoms with Crippen molar-refractivity contribution >= 4 is 12.0 Å². The molecule has 1 aromatic rings. The number of carbonyl (C=O) groups excluding carboxylic acids is 1. The van der Waals surface area contributed by atoms with E-state index in [2.05, 4.69) is 24.4 Å². The van der Waals surface area contributed by atoms with Crippen molar-refractivity contribution in [1.82, 2.24) is 0 Å². The highest BCUT2D eigenvalue weighted by Gasteiger charge is 2.09. The number of carboxylic acids is 1. The molecule has 0 atom stereocenters. The Labute approximate surface area is 103 Å². The second-order valence-electron chi connectivity index (χ2n) is 4.73. The van der Waals surface area contributed by atoms with Gasteiger partial charge in [-0.15, -0.1) is 0 Å². The van der Waals surface area contributed by atoms with Gasteiger partial charge in [-0.25, -0.2) is 0 Å². The van der Waals surface area contributed by atoms with Gasteiger partial charge in [0.25, 0.3) is 0 Å². The first-order chi connectivity index (χ1) is 7.81. The second kappa shape index (κ2) is 6.86. The average molecular weight is 235 g/mol. The van der Waals surface area contributed by atoms with Crippen molar-refractivity contribution in [1.29, 1.82) is 0 Å². The Morgan fingerprint density at radius 3 is 2.00 bits per heavy atom. The van der Waals surface area contributed by atoms with E-state index in [4.69, 9.17) is 0 Å². The smallest absolute Gasteiger partial charge is 0.0997 e. The summed E-state index contributed by atoms with van der Waals surface area (Å²) in [7, 11) is 0. The molecule has 0 heterocycles. The van der Waals surface area contributed by atoms with Crippen molar-refractivity contribution in [2.45, 2.75) is 27.3 Å². The molecular formula is C14H21NO2. The minimum atomic E-state index is -1.01. The fourth-order valence-electron chi connectivity index (χ4n) is 0.820. The van der Waals surface area contributed by atoms with E-state index in [-0.39, 0.29) is 0 Å². The lowest BCUT2D eigenvalue weighted by Crippen LogP contribution is -2.47. The van der Waals surface area contributed by atoms with Crippen molar-refractivity contribution in [2.75, 3.05) is 0 Å². The number of hydrogen-bond donors (Lipinski definition) is 1. The zero-order valence-corrected chi connectivity index (χ0v) is 10.8. The summed E-state index contributed by atoms with van der Waals surface area (Å²) in [5.41, 5.74) is 5.52. The van der Waals surface area contributed by atoms with Gasteiger partial charge in [-0.05, 0) is 5.56 Å². The number of quaternary nitrogens is 1. The van der Waals surface area contributed by atoms with Gasteiger partial charge in [0.1, 0.15) is 0 Å². The quantitative estimate of drug-likeness (QED) is 0.826. The minimum absolute atomic E-state index is 0.694. The predicted molar refractivity (Wildman–Crippen MR) is 67.6 cm³/mol. The van der Waals surface area contributed by atoms with Crippen LogP contribution < -0.4 is 10.8 Å². The van der Waals surface area contributed by atoms with Crippen LogP contribution in [0.3, 0.4) is 0 Å². The van der Waals surface area contributed by atoms with Crippen LogP contribution in [0.1, 0.15) is 31.9 Å². The van der Waals surface area contributed by atoms with Gasteiger partial charge in [0, 0.05) is 16.9 Å². The van der Waals surface area contributed by atoms with E-state index in [1.54, 1.807) is 20.8 Å². The number of rotatable bonds is 2. The third-order valence-corrected chi connectivity index (χ3v) is 2.12. The fourth-order valence-corrected chi connectivity index (χ4v) is 0.820. The molecule has 0 unspecified atom stereocenters. The first-order valence-electron chi connectivity index (χ1n) is 5.53. The third kappa shape index (κ3) is 6.53. The number of carboxylic acid groups (broad SMARTS) is 1. The van der Waals surface area contributed by atoms with Crippen LogP contribution in [-0.2, 0) is 11.3 Å². The van der Waals surface area contributed by atoms with Crippen LogP contribution in [0.15, 0.2) is 30.8 Å². The van der Waals surface area contributed by atoms with E-state index in [0.29, 0.717) is 0 Å². The van der Waals surface area contributed by atoms with Crippen LogP contribution in [0.4, 0.5) is 0 Å². The highest BCUT2D eigenvalue weighted by molar-refractivity contribution is 5.70. The van der Waals surface area contributed by atoms with Crippen LogP contribution in [0.25, 0.3) is 6.08 Å². The Kier molecular flexibility index (Phi) is 6.21. The molecule has 3 nitrogen and oxygen atoms in total. The summed E-state index contributed by atoms with van der Waals surface area (Å²) in [6.07, 6.45) is 1.84. The first kappa shape index (κ1) is 15.4. The largest absolute Gasteiger partial charge is 0.550 e. The van der Waals surface area contributed by atoms with Crippen molar-refractivity contribution in [2.24, 2.45) is 5.41 Å². The van der Waals surface area contributed by atoms with Crippen LogP contribution in [-0.4, -0.2) is 5.97 Å². The lowest BCUT2D eigenvalue weighted by atomic mass is 9.98. The topological polar surface area (TPSA) is 67.8 Å². The minimum Gasteiger partial charge on any atom is -0.550 e. The Morgan fingerprint density at radius 1 is 1.35 bits per heavy atom. The molecule has 0 aliphatic rings. The molecule has 3 N–H and O–H groups in total. The summed E-state index contributed by atoms with van der Waals surface area (Å²) in [5, 5.41) is 9.91. The molecule has 1 aromatic carbocycles. The van der Waals surface area contributed by atoms with Crippen LogP contribution in [0, 0.1) is 5.41 Å². The molecule has 0 aromatic heterocycles. The number of hydrogen-bond acceptors (Lipinski definition) is 2. The zero-order valence-electron chi connectivity index (χ0n) is 10.8. The molecule has 0 saturated heterocycles. The van der Waals surface area contributed by atoms with Gasteiger partial charge in [0.15, 0.2) is 0 Å². The molecule has 0 amide bonds. The lowest BCUT2D eigenvalue weighted by molar-refractivity contribution is -0.386. The van der Waals surface area contributed by atoms with Gasteiger partial charge in [-0.1, -0.05) is 57.7 Å². The molecule has 3 heteroatoms. The monoisotopic (exact) mass is 235 g/mol. The van der Waals surface area contributed by atoms with Crippen molar-refractivity contribution in [3.05, 3.63) is 42.0 Å². The normalized spacial score (nSPS) is 10.1. The van der Waals surface area contributed by atoms with Gasteiger partial charge in [-0.3, -0.25) is 0 Å². The van der Waals surface area contributed by atoms with Gasteiger partial charge >= 0.3 is 0 Å². The molecule has 0 fully saturated rings. The highest BCUT2D eigenvalue weighted by Crippen LogP contribution is 2.09. The summed E-state index contributed by atoms with van der Waals surface area (Å²) in [4.78, 5) is 9.91. The average Bonchev–Trinajstić information content (AvgIpc) is 2.28. The van der Waals surface area contributed by atoms with E-state index >= 15 is 0 Å². The van der Waals surface area contributed by atoms with Crippen molar-refractivity contribution in [3.8, 4) is 0 Å². The molecule has 0 aliphatic carbocycles. The van der Waals surface area contributed by atoms with E-state index in [1.165, 1.54) is 5.56 Å². The Morgan fingerprint density at radius 2 is 1.76 bits per heavy atom. The molecular weight excluding hydrogens is 214 g/mol. The summed E-state index contributed by atoms with van der Waals surface area (Å²) >= 11 is 0. The molecule has 0 aliphatic heterocycles. The van der Waals surface area contributed by atoms with E-state index in [9.17, 15) is 9.90 Å². The molecule has 0 bridgehead atoms. The number of aliphatic carboxylic acids is 1. The second-order valence-corrected chi connectivity index (χ2v) is 4.73. The maximum Gasteiger partial charge on any atom is 0.0997 e. The maximum atomic E-state index is 9.91. The standard InChI is InChI=1S/C9H11N.C5H10O2/c1-2-8-3-5-9(7-10)6-4-8;1-5(2,3)4(6)7/h2-6H,1,7,10H2;1-3H3,(H,6,7). The molecule has 17 heavy (non-hydrogen) atoms. The Hall–Kier alpha value is -1.61. The third-order valence-electron chi connectivity index (χ3n) is 2.12. The van der Waals surface area contributed by atoms with Crippen LogP contribution in [0.2, 0.25) is 0 Å². The molecule has 1 rings (SSSR count). The van der Waals surface area contributed by atoms with Gasteiger partial charge in [-0.2, -0.15) is 0 Å². The van der Waals surface area contributed by atoms with Crippen molar-refractivity contribution in [3.63, 3.8) is 0 Å². The number of carbonyl (C=O) groups is 1. The molecule has 0 spiro atoms. The molecule has 94 valence electrons. The maximum absolute atomic E-state index is 9.91. The van der Waals surface area contributed by atoms with Crippen LogP contribution in [0.5, 0.6) is 0 Å². The summed E-state index contributed by atoms with van der Waals surface area (Å²) in [6.45, 7) is 9.33. The Balaban J connectivity index is 0.000000325. The van der Waals surface area contributed by atoms with E-state index in [1.807, 2.05) is 18.2 Å². The summed E-state index contributed by atoms with van der Waals surface area (Å²) in [5.74, 6) is -1.01. The summed E-state index contributed by atoms with van der Waals surface area (Å²) in [6, 6.07) is 8.25. The van der Waals surface area contributed by atoms with Gasteiger partial charge in [0.2, 0.25) is 0 Å². The zero-order chi connectivity index (χ0) is 13.5. The molecule has 0 saturated carbocycles. The van der Waals surface area contributed by atoms with Gasteiger partial charge in [0.05, 0.1) is 6.54 Å². The van der Waals surface area contributed by atoms with Gasteiger partial charge < -0.3 is 15.6 Å². The summed E-state index contributed by atoms with van der Waals surface area (Å²) < 4.78 is 0. The van der Waals surface area contributed by atoms with Crippen LogP contribution >= 0.6 is 0 Å². The lowest BCUT2D eigenvalue weighted by Gasteiger charge is -2.18. The molecule has 0 radical (unpaired) electrons. The Bertz CT molecular complexity index is 361. The van der Waals surface area contributed by atoms with E-state index < -0.39 is 11.4 Å². The number of benzene rings is 1. The first-order valence-corrected chi connectivity index (χ1v) is 5.53. The SMILES string of the molecule is C=Cc1ccc(C[NH3+])cc1.CC(C)(C)C(=O)[O-]. The predicted octanol–water partition coefficient (Wildman–Crippen LogP) is 0.854. The van der Waals surface area contributed by atoms with E-state index in [0.717, 1.165) is 12.1 Å². The highest BCUT2D eigenvalue weighted by atomic mass is 16.4. The fraction of sp³-hybridized carbons (Fsp3) is 0.357.